The number of aliphatic hydroxyl groups excluding tert-OH is 10. The molecule has 9 aliphatic rings. The molecule has 446 valence electrons. The van der Waals surface area contributed by atoms with Gasteiger partial charge in [0.15, 0.2) is 18.9 Å². The van der Waals surface area contributed by atoms with Crippen LogP contribution in [0.2, 0.25) is 0 Å². The molecular formula is C54H87NO23. The number of rotatable bonds is 14. The van der Waals surface area contributed by atoms with Crippen molar-refractivity contribution in [3.63, 3.8) is 0 Å². The van der Waals surface area contributed by atoms with E-state index in [0.29, 0.717) is 44.9 Å². The minimum absolute atomic E-state index is 0. The maximum absolute atomic E-state index is 13.6. The number of allylic oxidation sites excluding steroid dienone is 2. The standard InChI is InChI=1S/C54H84O23.H3N/c1-22(23(2)71-24(3)57)45(68)70-21-54-26-16-49(4,5)43(42(54)65)73-32(54)17-53(9)25(26)10-11-30-50(6)14-13-31(51(7,20-56)29(50)12-15-52(30,53)8)74-48-40(76-46-36(62)33(59)27(58)19-69-46)38(64)39(41(77-48)44(66)67)75-47-37(63)35(61)34(60)28(18-55)72-47;/h10,22-23,26-43,46-48,55-56,58-65H,11-21H2,1-9H3,(H,66,67);1H3/t22?,23?,26?,27-,28+,29?,30?,31-,32-,33+,34+,35-,36-,37+,38-,39?,40+,41-,42+,43-,46+,47+,48+,50-,51+,52+,53+,54-;/m0./s1. The molecule has 0 spiro atoms. The second-order valence-corrected chi connectivity index (χ2v) is 25.8. The number of aliphatic carboxylic acids is 1. The van der Waals surface area contributed by atoms with Gasteiger partial charge in [-0.15, -0.1) is 0 Å². The summed E-state index contributed by atoms with van der Waals surface area (Å²) in [6, 6.07) is 0. The van der Waals surface area contributed by atoms with Crippen LogP contribution in [0.5, 0.6) is 0 Å². The molecule has 78 heavy (non-hydrogen) atoms. The summed E-state index contributed by atoms with van der Waals surface area (Å²) in [6.45, 7) is 15.8. The predicted molar refractivity (Wildman–Crippen MR) is 264 cm³/mol. The highest BCUT2D eigenvalue weighted by Gasteiger charge is 2.76. The van der Waals surface area contributed by atoms with Crippen LogP contribution in [0.1, 0.15) is 107 Å². The lowest BCUT2D eigenvalue weighted by Crippen LogP contribution is -2.70. The molecule has 4 aliphatic heterocycles. The molecule has 0 radical (unpaired) electrons. The summed E-state index contributed by atoms with van der Waals surface area (Å²) >= 11 is 0. The number of ether oxygens (including phenoxy) is 9. The molecule has 0 aromatic rings. The van der Waals surface area contributed by atoms with Gasteiger partial charge in [-0.3, -0.25) is 9.59 Å². The highest BCUT2D eigenvalue weighted by atomic mass is 16.8. The van der Waals surface area contributed by atoms with E-state index in [4.69, 9.17) is 42.6 Å². The van der Waals surface area contributed by atoms with Gasteiger partial charge in [0, 0.05) is 12.3 Å². The molecule has 4 saturated carbocycles. The molecule has 4 saturated heterocycles. The largest absolute Gasteiger partial charge is 0.547 e. The number of fused-ring (bicyclic) bond motifs is 7. The van der Waals surface area contributed by atoms with Crippen LogP contribution in [0, 0.1) is 56.2 Å². The number of quaternary nitrogens is 1. The van der Waals surface area contributed by atoms with E-state index in [1.165, 1.54) is 12.5 Å². The van der Waals surface area contributed by atoms with Gasteiger partial charge in [-0.05, 0) is 98.2 Å². The summed E-state index contributed by atoms with van der Waals surface area (Å²) in [7, 11) is 0. The third kappa shape index (κ3) is 9.49. The van der Waals surface area contributed by atoms with E-state index < -0.39 is 187 Å². The van der Waals surface area contributed by atoms with Crippen LogP contribution in [0.3, 0.4) is 0 Å². The summed E-state index contributed by atoms with van der Waals surface area (Å²) in [5, 5.41) is 123. The first-order chi connectivity index (χ1) is 36.0. The quantitative estimate of drug-likeness (QED) is 0.0533. The third-order valence-electron chi connectivity index (χ3n) is 21.3. The zero-order chi connectivity index (χ0) is 56.4. The Bertz CT molecular complexity index is 2240. The number of esters is 2. The Morgan fingerprint density at radius 2 is 1.44 bits per heavy atom. The highest BCUT2D eigenvalue weighted by Crippen LogP contribution is 2.77. The zero-order valence-electron chi connectivity index (χ0n) is 46.4. The van der Waals surface area contributed by atoms with Gasteiger partial charge in [0.1, 0.15) is 79.9 Å². The topological polar surface area (TPSA) is 396 Å². The van der Waals surface area contributed by atoms with Crippen molar-refractivity contribution >= 4 is 17.9 Å². The monoisotopic (exact) mass is 1120 g/mol. The minimum atomic E-state index is -2.20. The van der Waals surface area contributed by atoms with Crippen molar-refractivity contribution < 1.29 is 113 Å². The van der Waals surface area contributed by atoms with Crippen molar-refractivity contribution in [1.82, 2.24) is 6.15 Å². The first kappa shape index (κ1) is 61.5. The first-order valence-corrected chi connectivity index (χ1v) is 27.4. The first-order valence-electron chi connectivity index (χ1n) is 27.4. The fourth-order valence-corrected chi connectivity index (χ4v) is 16.5. The smallest absolute Gasteiger partial charge is 0.312 e. The Morgan fingerprint density at radius 3 is 2.08 bits per heavy atom. The van der Waals surface area contributed by atoms with E-state index in [9.17, 15) is 70.6 Å². The molecule has 4 heterocycles. The molecule has 6 unspecified atom stereocenters. The molecular weight excluding hydrogens is 1030 g/mol. The number of hydrogen-bond acceptors (Lipinski definition) is 23. The van der Waals surface area contributed by atoms with E-state index in [2.05, 4.69) is 40.7 Å². The van der Waals surface area contributed by atoms with Gasteiger partial charge in [0.2, 0.25) is 0 Å². The van der Waals surface area contributed by atoms with Gasteiger partial charge in [-0.1, -0.05) is 53.2 Å². The lowest BCUT2D eigenvalue weighted by molar-refractivity contribution is -0.399. The number of carbonyl (C=O) groups excluding carboxylic acids is 3. The second-order valence-electron chi connectivity index (χ2n) is 25.8. The molecule has 5 aliphatic carbocycles. The van der Waals surface area contributed by atoms with Crippen LogP contribution < -0.4 is 11.3 Å². The lowest BCUT2D eigenvalue weighted by atomic mass is 9.33. The Hall–Kier alpha value is -2.57. The number of hydrogen-bond donors (Lipinski definition) is 11. The number of aliphatic hydroxyl groups is 10. The van der Waals surface area contributed by atoms with Crippen molar-refractivity contribution in [3.8, 4) is 0 Å². The second kappa shape index (κ2) is 21.9. The van der Waals surface area contributed by atoms with Crippen LogP contribution in [0.4, 0.5) is 0 Å². The van der Waals surface area contributed by atoms with Crippen LogP contribution in [0.25, 0.3) is 0 Å². The van der Waals surface area contributed by atoms with Crippen molar-refractivity contribution in [1.29, 1.82) is 0 Å². The fraction of sp³-hybridized carbons (Fsp3) is 0.907. The maximum atomic E-state index is 13.6. The molecule has 0 aromatic carbocycles. The van der Waals surface area contributed by atoms with Gasteiger partial charge in [0.05, 0.1) is 61.5 Å². The summed E-state index contributed by atoms with van der Waals surface area (Å²) in [5.74, 6) is -4.10. The number of carboxylic acid groups (broad SMARTS) is 1. The number of carbonyl (C=O) groups is 3. The van der Waals surface area contributed by atoms with E-state index >= 15 is 0 Å². The summed E-state index contributed by atoms with van der Waals surface area (Å²) in [5.41, 5.74) is -2.45. The van der Waals surface area contributed by atoms with E-state index in [0.717, 1.165) is 0 Å². The summed E-state index contributed by atoms with van der Waals surface area (Å²) in [4.78, 5) is 38.3. The van der Waals surface area contributed by atoms with Crippen molar-refractivity contribution in [2.45, 2.75) is 224 Å². The Labute approximate surface area is 454 Å². The van der Waals surface area contributed by atoms with Crippen LogP contribution >= 0.6 is 0 Å². The van der Waals surface area contributed by atoms with Gasteiger partial charge < -0.3 is 110 Å². The van der Waals surface area contributed by atoms with Gasteiger partial charge in [0.25, 0.3) is 0 Å². The van der Waals surface area contributed by atoms with Crippen molar-refractivity contribution in [2.75, 3.05) is 26.4 Å². The minimum Gasteiger partial charge on any atom is -0.547 e. The fourth-order valence-electron chi connectivity index (χ4n) is 16.5. The van der Waals surface area contributed by atoms with Crippen LogP contribution in [-0.4, -0.2) is 212 Å². The Balaban J connectivity index is 0.00000803. The van der Waals surface area contributed by atoms with Crippen LogP contribution in [-0.2, 0) is 57.0 Å². The Kier molecular flexibility index (Phi) is 17.3. The number of carboxylic acids is 1. The average Bonchev–Trinajstić information content (AvgIpc) is 3.60. The zero-order valence-corrected chi connectivity index (χ0v) is 46.4. The normalized spacial score (nSPS) is 51.0. The molecule has 8 fully saturated rings. The van der Waals surface area contributed by atoms with E-state index in [1.807, 2.05) is 6.92 Å². The molecule has 28 atom stereocenters. The van der Waals surface area contributed by atoms with Crippen LogP contribution in [0.15, 0.2) is 11.6 Å². The average molecular weight is 1120 g/mol. The molecule has 0 aromatic heterocycles. The molecule has 0 amide bonds. The molecule has 24 nitrogen and oxygen atoms in total. The lowest BCUT2D eigenvalue weighted by Gasteiger charge is -2.71. The molecule has 24 heteroatoms. The van der Waals surface area contributed by atoms with Crippen molar-refractivity contribution in [2.24, 2.45) is 56.2 Å². The summed E-state index contributed by atoms with van der Waals surface area (Å²) in [6.07, 6.45) is -23.3. The maximum Gasteiger partial charge on any atom is 0.312 e. The third-order valence-corrected chi connectivity index (χ3v) is 21.3. The highest BCUT2D eigenvalue weighted by molar-refractivity contribution is 5.74. The Morgan fingerprint density at radius 1 is 0.769 bits per heavy atom. The molecule has 2 bridgehead atoms. The van der Waals surface area contributed by atoms with Gasteiger partial charge >= 0.3 is 11.9 Å². The predicted octanol–water partition coefficient (Wildman–Crippen LogP) is -1.54. The van der Waals surface area contributed by atoms with E-state index in [-0.39, 0.29) is 35.9 Å². The molecule has 14 N–H and O–H groups in total. The van der Waals surface area contributed by atoms with Gasteiger partial charge in [-0.25, -0.2) is 0 Å². The molecule has 9 rings (SSSR count). The van der Waals surface area contributed by atoms with E-state index in [1.54, 1.807) is 13.8 Å². The SMILES string of the molecule is CC(=O)OC(C)C(C)C(=O)OC[C@]12C3CC(C)(C)[C@@H](O[C@H]1C[C@]1(C)C3=CCC3[C@@]4(C)CC[C@H](O[C@@H]5O[C@H](C(=O)[O-])C(O[C@H]6O[C@H](CO)[C@@H](O)[C@H](O)[C@H]6O)[C@H](O)[C@H]5O[C@H]5OC[C@H](O)[C@@H](O)[C@@H]5O)[C@](C)(CO)C4CC[C@]31C)[C@H]2O.[NH4+]. The van der Waals surface area contributed by atoms with Gasteiger partial charge in [-0.2, -0.15) is 0 Å². The van der Waals surface area contributed by atoms with Crippen molar-refractivity contribution in [3.05, 3.63) is 11.6 Å². The summed E-state index contributed by atoms with van der Waals surface area (Å²) < 4.78 is 54.1.